The van der Waals surface area contributed by atoms with Crippen LogP contribution in [0.2, 0.25) is 0 Å². The molecule has 24 heavy (non-hydrogen) atoms. The molecule has 5 heteroatoms. The highest BCUT2D eigenvalue weighted by Crippen LogP contribution is 2.17. The first-order chi connectivity index (χ1) is 11.6. The number of benzene rings is 1. The molecule has 0 bridgehead atoms. The molecule has 1 amide bonds. The largest absolute Gasteiger partial charge is 0.373 e. The molecular weight excluding hydrogens is 320 g/mol. The van der Waals surface area contributed by atoms with E-state index in [4.69, 9.17) is 4.74 Å². The fraction of sp³-hybridized carbons (Fsp3) is 0.421. The first-order valence-corrected chi connectivity index (χ1v) is 9.26. The van der Waals surface area contributed by atoms with Crippen LogP contribution in [0.1, 0.15) is 34.6 Å². The van der Waals surface area contributed by atoms with Crippen molar-refractivity contribution in [2.24, 2.45) is 0 Å². The van der Waals surface area contributed by atoms with Crippen molar-refractivity contribution >= 4 is 17.2 Å². The number of ether oxygens (including phenoxy) is 1. The molecule has 1 aliphatic rings. The lowest BCUT2D eigenvalue weighted by Crippen LogP contribution is -2.45. The number of hydrogen-bond donors (Lipinski definition) is 1. The second kappa shape index (κ2) is 7.92. The molecule has 1 aliphatic heterocycles. The number of rotatable bonds is 5. The summed E-state index contributed by atoms with van der Waals surface area (Å²) in [6.07, 6.45) is 0.527. The number of nitrogens with one attached hydrogen (secondary N) is 1. The van der Waals surface area contributed by atoms with E-state index >= 15 is 0 Å². The van der Waals surface area contributed by atoms with Crippen molar-refractivity contribution in [3.05, 3.63) is 57.8 Å². The third-order valence-corrected chi connectivity index (χ3v) is 5.06. The van der Waals surface area contributed by atoms with Crippen LogP contribution in [0.25, 0.3) is 0 Å². The van der Waals surface area contributed by atoms with Crippen LogP contribution in [0.3, 0.4) is 0 Å². The number of amides is 1. The second-order valence-electron chi connectivity index (χ2n) is 6.38. The van der Waals surface area contributed by atoms with Crippen LogP contribution in [0.4, 0.5) is 0 Å². The van der Waals surface area contributed by atoms with E-state index in [9.17, 15) is 4.79 Å². The summed E-state index contributed by atoms with van der Waals surface area (Å²) in [7, 11) is 0. The lowest BCUT2D eigenvalue weighted by molar-refractivity contribution is -0.0705. The van der Waals surface area contributed by atoms with E-state index in [0.717, 1.165) is 24.5 Å². The molecule has 2 heterocycles. The molecule has 4 nitrogen and oxygen atoms in total. The molecule has 0 radical (unpaired) electrons. The molecule has 1 fully saturated rings. The normalized spacial score (nSPS) is 21.6. The maximum atomic E-state index is 12.1. The Morgan fingerprint density at radius 2 is 1.88 bits per heavy atom. The molecule has 1 saturated heterocycles. The van der Waals surface area contributed by atoms with Crippen molar-refractivity contribution in [3.63, 3.8) is 0 Å². The third-order valence-electron chi connectivity index (χ3n) is 4.19. The highest BCUT2D eigenvalue weighted by molar-refractivity contribution is 7.12. The molecule has 1 aromatic heterocycles. The van der Waals surface area contributed by atoms with Gasteiger partial charge in [0.05, 0.1) is 17.1 Å². The van der Waals surface area contributed by atoms with Gasteiger partial charge in [0.15, 0.2) is 0 Å². The van der Waals surface area contributed by atoms with Crippen molar-refractivity contribution in [1.82, 2.24) is 10.2 Å². The van der Waals surface area contributed by atoms with Gasteiger partial charge in [-0.3, -0.25) is 9.69 Å². The molecule has 0 unspecified atom stereocenters. The van der Waals surface area contributed by atoms with Gasteiger partial charge in [-0.25, -0.2) is 0 Å². The Hall–Kier alpha value is -1.69. The highest BCUT2D eigenvalue weighted by atomic mass is 32.1. The summed E-state index contributed by atoms with van der Waals surface area (Å²) >= 11 is 1.47. The predicted octanol–water partition coefficient (Wildman–Crippen LogP) is 3.29. The molecule has 2 atom stereocenters. The molecule has 3 rings (SSSR count). The Kier molecular flexibility index (Phi) is 5.66. The number of carbonyl (C=O) groups is 1. The number of hydrogen-bond acceptors (Lipinski definition) is 4. The first-order valence-electron chi connectivity index (χ1n) is 8.38. The number of nitrogens with zero attached hydrogens (tertiary/aromatic N) is 1. The summed E-state index contributed by atoms with van der Waals surface area (Å²) in [6.45, 7) is 7.58. The van der Waals surface area contributed by atoms with Crippen molar-refractivity contribution in [2.45, 2.75) is 39.1 Å². The summed E-state index contributed by atoms with van der Waals surface area (Å²) in [6, 6.07) is 12.1. The number of carbonyl (C=O) groups excluding carboxylic acids is 1. The SMILES string of the molecule is C[C@@H]1CN(Cc2ccccc2CNC(=O)c2cccs2)C[C@H](C)O1. The number of morpholine rings is 1. The zero-order chi connectivity index (χ0) is 16.9. The van der Waals surface area contributed by atoms with Gasteiger partial charge in [0.25, 0.3) is 5.91 Å². The van der Waals surface area contributed by atoms with Crippen molar-refractivity contribution < 1.29 is 9.53 Å². The van der Waals surface area contributed by atoms with Gasteiger partial charge in [-0.05, 0) is 36.4 Å². The quantitative estimate of drug-likeness (QED) is 0.905. The van der Waals surface area contributed by atoms with Gasteiger partial charge in [-0.1, -0.05) is 30.3 Å². The van der Waals surface area contributed by atoms with E-state index in [0.29, 0.717) is 6.54 Å². The van der Waals surface area contributed by atoms with E-state index in [-0.39, 0.29) is 18.1 Å². The standard InChI is InChI=1S/C19H24N2O2S/c1-14-11-21(12-15(2)23-14)13-17-7-4-3-6-16(17)10-20-19(22)18-8-5-9-24-18/h3-9,14-15H,10-13H2,1-2H3,(H,20,22)/t14-,15+. The minimum atomic E-state index is -0.00609. The highest BCUT2D eigenvalue weighted by Gasteiger charge is 2.22. The molecule has 1 N–H and O–H groups in total. The van der Waals surface area contributed by atoms with Gasteiger partial charge in [-0.2, -0.15) is 0 Å². The van der Waals surface area contributed by atoms with E-state index in [2.05, 4.69) is 42.3 Å². The lowest BCUT2D eigenvalue weighted by Gasteiger charge is -2.35. The minimum absolute atomic E-state index is 0.00609. The summed E-state index contributed by atoms with van der Waals surface area (Å²) in [5.41, 5.74) is 2.44. The van der Waals surface area contributed by atoms with Crippen molar-refractivity contribution in [1.29, 1.82) is 0 Å². The van der Waals surface area contributed by atoms with Crippen molar-refractivity contribution in [3.8, 4) is 0 Å². The van der Waals surface area contributed by atoms with Crippen LogP contribution >= 0.6 is 11.3 Å². The van der Waals surface area contributed by atoms with E-state index in [1.807, 2.05) is 23.6 Å². The average molecular weight is 344 g/mol. The molecule has 2 aromatic rings. The first kappa shape index (κ1) is 17.1. The Labute approximate surface area is 147 Å². The summed E-state index contributed by atoms with van der Waals surface area (Å²) in [4.78, 5) is 15.3. The molecule has 0 saturated carbocycles. The zero-order valence-corrected chi connectivity index (χ0v) is 15.0. The fourth-order valence-electron chi connectivity index (χ4n) is 3.21. The molecule has 128 valence electrons. The van der Waals surface area contributed by atoms with Gasteiger partial charge < -0.3 is 10.1 Å². The Morgan fingerprint density at radius 3 is 2.54 bits per heavy atom. The monoisotopic (exact) mass is 344 g/mol. The molecule has 0 aliphatic carbocycles. The van der Waals surface area contributed by atoms with Crippen LogP contribution in [0, 0.1) is 0 Å². The van der Waals surface area contributed by atoms with Crippen LogP contribution in [-0.4, -0.2) is 36.1 Å². The van der Waals surface area contributed by atoms with Gasteiger partial charge in [0, 0.05) is 26.2 Å². The van der Waals surface area contributed by atoms with Crippen LogP contribution < -0.4 is 5.32 Å². The zero-order valence-electron chi connectivity index (χ0n) is 14.2. The molecular formula is C19H24N2O2S. The summed E-state index contributed by atoms with van der Waals surface area (Å²) in [5, 5.41) is 4.95. The second-order valence-corrected chi connectivity index (χ2v) is 7.33. The van der Waals surface area contributed by atoms with E-state index in [1.165, 1.54) is 22.5 Å². The molecule has 1 aromatic carbocycles. The Bertz CT molecular complexity index is 662. The van der Waals surface area contributed by atoms with Gasteiger partial charge in [0.1, 0.15) is 0 Å². The molecule has 0 spiro atoms. The third kappa shape index (κ3) is 4.44. The topological polar surface area (TPSA) is 41.6 Å². The van der Waals surface area contributed by atoms with Gasteiger partial charge in [-0.15, -0.1) is 11.3 Å². The van der Waals surface area contributed by atoms with Crippen LogP contribution in [0.15, 0.2) is 41.8 Å². The Balaban J connectivity index is 1.63. The maximum absolute atomic E-state index is 12.1. The fourth-order valence-corrected chi connectivity index (χ4v) is 3.85. The summed E-state index contributed by atoms with van der Waals surface area (Å²) < 4.78 is 5.81. The lowest BCUT2D eigenvalue weighted by atomic mass is 10.1. The van der Waals surface area contributed by atoms with Crippen LogP contribution in [0.5, 0.6) is 0 Å². The Morgan fingerprint density at radius 1 is 1.17 bits per heavy atom. The smallest absolute Gasteiger partial charge is 0.261 e. The van der Waals surface area contributed by atoms with E-state index in [1.54, 1.807) is 0 Å². The minimum Gasteiger partial charge on any atom is -0.373 e. The number of thiophene rings is 1. The van der Waals surface area contributed by atoms with Crippen LogP contribution in [-0.2, 0) is 17.8 Å². The van der Waals surface area contributed by atoms with E-state index < -0.39 is 0 Å². The van der Waals surface area contributed by atoms with Crippen molar-refractivity contribution in [2.75, 3.05) is 13.1 Å². The van der Waals surface area contributed by atoms with Gasteiger partial charge >= 0.3 is 0 Å². The average Bonchev–Trinajstić information content (AvgIpc) is 3.07. The predicted molar refractivity (Wildman–Crippen MR) is 97.2 cm³/mol. The summed E-state index contributed by atoms with van der Waals surface area (Å²) in [5.74, 6) is -0.00609. The van der Waals surface area contributed by atoms with Gasteiger partial charge in [0.2, 0.25) is 0 Å². The maximum Gasteiger partial charge on any atom is 0.261 e.